The van der Waals surface area contributed by atoms with E-state index in [4.69, 9.17) is 14.1 Å². The normalized spacial score (nSPS) is 13.4. The van der Waals surface area contributed by atoms with Gasteiger partial charge in [0, 0.05) is 0 Å². The summed E-state index contributed by atoms with van der Waals surface area (Å²) in [5, 5.41) is 2.76. The molecule has 0 bridgehead atoms. The highest BCUT2D eigenvalue weighted by atomic mass is 32.2. The van der Waals surface area contributed by atoms with E-state index >= 15 is 0 Å². The molecule has 0 fully saturated rings. The van der Waals surface area contributed by atoms with Gasteiger partial charge in [0.1, 0.15) is 15.8 Å². The van der Waals surface area contributed by atoms with Gasteiger partial charge in [0.25, 0.3) is 0 Å². The number of rotatable bonds is 9. The molecule has 0 saturated carbocycles. The summed E-state index contributed by atoms with van der Waals surface area (Å²) in [5.74, 6) is -4.37. The van der Waals surface area contributed by atoms with Crippen molar-refractivity contribution in [2.24, 2.45) is 11.7 Å². The summed E-state index contributed by atoms with van der Waals surface area (Å²) < 4.78 is 61.8. The molecule has 2 N–H and O–H groups in total. The van der Waals surface area contributed by atoms with E-state index < -0.39 is 44.1 Å². The number of nitrogens with two attached hydrogens (primary N) is 1. The topological polar surface area (TPSA) is 147 Å². The van der Waals surface area contributed by atoms with Crippen LogP contribution in [0.4, 0.5) is 0 Å². The Labute approximate surface area is 242 Å². The van der Waals surface area contributed by atoms with Crippen LogP contribution in [-0.2, 0) is 44.6 Å². The van der Waals surface area contributed by atoms with Gasteiger partial charge in [-0.05, 0) is 57.8 Å². The van der Waals surface area contributed by atoms with Gasteiger partial charge in [0.15, 0.2) is 0 Å². The maximum Gasteiger partial charge on any atom is 0.341 e. The molecule has 1 unspecified atom stereocenters. The fourth-order valence-electron chi connectivity index (χ4n) is 4.46. The minimum Gasteiger partial charge on any atom is -0.342 e. The van der Waals surface area contributed by atoms with E-state index in [0.717, 1.165) is 10.8 Å². The number of carbonyl (C=O) groups is 2. The molecule has 5 aromatic carbocycles. The summed E-state index contributed by atoms with van der Waals surface area (Å²) in [6.45, 7) is 0. The van der Waals surface area contributed by atoms with Gasteiger partial charge in [-0.2, -0.15) is 16.8 Å². The van der Waals surface area contributed by atoms with Crippen molar-refractivity contribution in [2.45, 2.75) is 22.3 Å². The molecule has 5 aromatic rings. The second-order valence-electron chi connectivity index (χ2n) is 9.55. The van der Waals surface area contributed by atoms with E-state index in [2.05, 4.69) is 0 Å². The molecule has 11 heteroatoms. The molecule has 42 heavy (non-hydrogen) atoms. The maximum atomic E-state index is 13.3. The fourth-order valence-corrected chi connectivity index (χ4v) is 6.34. The summed E-state index contributed by atoms with van der Waals surface area (Å²) >= 11 is 0. The van der Waals surface area contributed by atoms with Gasteiger partial charge in [-0.15, -0.1) is 0 Å². The highest BCUT2D eigenvalue weighted by Crippen LogP contribution is 2.25. The van der Waals surface area contributed by atoms with Crippen molar-refractivity contribution in [1.82, 2.24) is 0 Å². The van der Waals surface area contributed by atoms with E-state index in [0.29, 0.717) is 16.3 Å². The zero-order valence-electron chi connectivity index (χ0n) is 22.0. The Morgan fingerprint density at radius 2 is 1.00 bits per heavy atom. The highest BCUT2D eigenvalue weighted by molar-refractivity contribution is 7.87. The Kier molecular flexibility index (Phi) is 8.08. The van der Waals surface area contributed by atoms with Crippen molar-refractivity contribution >= 4 is 53.7 Å². The molecule has 0 spiro atoms. The van der Waals surface area contributed by atoms with Gasteiger partial charge >= 0.3 is 32.2 Å². The quantitative estimate of drug-likeness (QED) is 0.243. The third kappa shape index (κ3) is 6.33. The molecule has 0 aromatic heterocycles. The second kappa shape index (κ2) is 11.7. The van der Waals surface area contributed by atoms with Crippen LogP contribution in [0, 0.1) is 5.92 Å². The summed E-state index contributed by atoms with van der Waals surface area (Å²) in [5.41, 5.74) is 6.61. The molecule has 0 amide bonds. The minimum atomic E-state index is -4.63. The second-order valence-corrected chi connectivity index (χ2v) is 12.6. The van der Waals surface area contributed by atoms with Crippen molar-refractivity contribution in [3.63, 3.8) is 0 Å². The first-order valence-corrected chi connectivity index (χ1v) is 15.6. The predicted molar refractivity (Wildman–Crippen MR) is 156 cm³/mol. The largest absolute Gasteiger partial charge is 0.342 e. The molecule has 2 atom stereocenters. The van der Waals surface area contributed by atoms with E-state index in [1.54, 1.807) is 91.0 Å². The Morgan fingerprint density at radius 1 is 0.571 bits per heavy atom. The number of fused-ring (bicyclic) bond motifs is 2. The molecular weight excluding hydrogens is 578 g/mol. The standard InChI is InChI=1S/C31H25NO8S2/c32-29(31(34)40-42(37,38)27-17-15-23-11-5-7-13-25(23)20-27)28(18-21-8-2-1-3-9-21)30(33)39-41(35,36)26-16-14-22-10-4-6-12-24(22)19-26/h1-17,19-20,28-29H,18,32H2/t28?,29-/m0/s1. The smallest absolute Gasteiger partial charge is 0.341 e. The molecule has 9 nitrogen and oxygen atoms in total. The van der Waals surface area contributed by atoms with Crippen LogP contribution in [0.1, 0.15) is 5.56 Å². The third-order valence-corrected chi connectivity index (χ3v) is 9.14. The van der Waals surface area contributed by atoms with Gasteiger partial charge in [-0.3, -0.25) is 4.79 Å². The Bertz CT molecular complexity index is 2010. The van der Waals surface area contributed by atoms with Gasteiger partial charge in [-0.1, -0.05) is 91.0 Å². The first-order valence-electron chi connectivity index (χ1n) is 12.8. The Morgan fingerprint density at radius 3 is 1.50 bits per heavy atom. The Balaban J connectivity index is 1.40. The SMILES string of the molecule is N[C@H](C(=O)OS(=O)(=O)c1ccc2ccccc2c1)C(Cc1ccccc1)C(=O)OS(=O)(=O)c1ccc2ccccc2c1. The van der Waals surface area contributed by atoms with E-state index in [-0.39, 0.29) is 16.2 Å². The van der Waals surface area contributed by atoms with Crippen molar-refractivity contribution in [3.8, 4) is 0 Å². The van der Waals surface area contributed by atoms with Crippen LogP contribution in [0.2, 0.25) is 0 Å². The monoisotopic (exact) mass is 603 g/mol. The van der Waals surface area contributed by atoms with Crippen LogP contribution in [0.3, 0.4) is 0 Å². The van der Waals surface area contributed by atoms with Crippen LogP contribution in [0.15, 0.2) is 125 Å². The average Bonchev–Trinajstić information content (AvgIpc) is 2.99. The molecule has 0 radical (unpaired) electrons. The zero-order chi connectivity index (χ0) is 29.9. The first-order chi connectivity index (χ1) is 20.0. The highest BCUT2D eigenvalue weighted by Gasteiger charge is 2.38. The molecule has 0 heterocycles. The first kappa shape index (κ1) is 28.9. The van der Waals surface area contributed by atoms with E-state index in [9.17, 15) is 26.4 Å². The van der Waals surface area contributed by atoms with Crippen molar-refractivity contribution in [2.75, 3.05) is 0 Å². The van der Waals surface area contributed by atoms with E-state index in [1.807, 2.05) is 0 Å². The Hall–Kier alpha value is -4.58. The third-order valence-electron chi connectivity index (χ3n) is 6.71. The van der Waals surface area contributed by atoms with Crippen LogP contribution in [0.25, 0.3) is 21.5 Å². The number of benzene rings is 5. The molecule has 0 saturated heterocycles. The molecule has 0 aliphatic carbocycles. The van der Waals surface area contributed by atoms with Gasteiger partial charge in [-0.25, -0.2) is 4.79 Å². The fraction of sp³-hybridized carbons (Fsp3) is 0.0968. The number of hydrogen-bond donors (Lipinski definition) is 1. The predicted octanol–water partition coefficient (Wildman–Crippen LogP) is 4.34. The molecule has 214 valence electrons. The van der Waals surface area contributed by atoms with Gasteiger partial charge in [0.05, 0.1) is 5.92 Å². The summed E-state index contributed by atoms with van der Waals surface area (Å²) in [7, 11) is -9.25. The molecule has 5 rings (SSSR count). The van der Waals surface area contributed by atoms with Crippen LogP contribution in [0.5, 0.6) is 0 Å². The van der Waals surface area contributed by atoms with Crippen LogP contribution >= 0.6 is 0 Å². The van der Waals surface area contributed by atoms with Gasteiger partial charge < -0.3 is 14.1 Å². The zero-order valence-corrected chi connectivity index (χ0v) is 23.6. The average molecular weight is 604 g/mol. The summed E-state index contributed by atoms with van der Waals surface area (Å²) in [4.78, 5) is 25.8. The molecule has 0 aliphatic rings. The summed E-state index contributed by atoms with van der Waals surface area (Å²) in [6, 6.07) is 28.9. The minimum absolute atomic E-state index is 0.223. The van der Waals surface area contributed by atoms with Gasteiger partial charge in [0.2, 0.25) is 0 Å². The lowest BCUT2D eigenvalue weighted by Crippen LogP contribution is -2.45. The van der Waals surface area contributed by atoms with Crippen molar-refractivity contribution in [1.29, 1.82) is 0 Å². The van der Waals surface area contributed by atoms with E-state index in [1.165, 1.54) is 24.3 Å². The molecule has 0 aliphatic heterocycles. The summed E-state index contributed by atoms with van der Waals surface area (Å²) in [6.07, 6.45) is -0.223. The lowest BCUT2D eigenvalue weighted by Gasteiger charge is -2.21. The number of carbonyl (C=O) groups excluding carboxylic acids is 2. The van der Waals surface area contributed by atoms with Crippen LogP contribution in [-0.4, -0.2) is 34.8 Å². The van der Waals surface area contributed by atoms with Crippen molar-refractivity contribution < 1.29 is 34.8 Å². The van der Waals surface area contributed by atoms with Crippen molar-refractivity contribution in [3.05, 3.63) is 121 Å². The molecular formula is C31H25NO8S2. The lowest BCUT2D eigenvalue weighted by molar-refractivity contribution is -0.146. The lowest BCUT2D eigenvalue weighted by atomic mass is 9.93. The maximum absolute atomic E-state index is 13.3. The van der Waals surface area contributed by atoms with Crippen LogP contribution < -0.4 is 5.73 Å². The number of hydrogen-bond acceptors (Lipinski definition) is 9.